The number of aromatic nitrogens is 2. The van der Waals surface area contributed by atoms with Gasteiger partial charge in [0.15, 0.2) is 5.69 Å². The Labute approximate surface area is 85.9 Å². The second-order valence-electron chi connectivity index (χ2n) is 2.59. The van der Waals surface area contributed by atoms with Crippen molar-refractivity contribution in [2.24, 2.45) is 5.73 Å². The van der Waals surface area contributed by atoms with Gasteiger partial charge < -0.3 is 20.3 Å². The van der Waals surface area contributed by atoms with Crippen LogP contribution in [0.5, 0.6) is 11.8 Å². The lowest BCUT2D eigenvalue weighted by Crippen LogP contribution is -2.14. The highest BCUT2D eigenvalue weighted by molar-refractivity contribution is 5.92. The predicted octanol–water partition coefficient (Wildman–Crippen LogP) is -0.694. The van der Waals surface area contributed by atoms with E-state index in [-0.39, 0.29) is 18.2 Å². The van der Waals surface area contributed by atoms with Gasteiger partial charge in [0.1, 0.15) is 6.61 Å². The summed E-state index contributed by atoms with van der Waals surface area (Å²) in [7, 11) is 1.53. The maximum atomic E-state index is 10.7. The first-order chi connectivity index (χ1) is 7.15. The lowest BCUT2D eigenvalue weighted by molar-refractivity contribution is 0.0991. The van der Waals surface area contributed by atoms with Gasteiger partial charge in [-0.2, -0.15) is 4.98 Å². The van der Waals surface area contributed by atoms with E-state index in [9.17, 15) is 9.90 Å². The molecule has 0 aliphatic rings. The molecule has 7 heteroatoms. The molecule has 0 unspecified atom stereocenters. The van der Waals surface area contributed by atoms with Crippen LogP contribution in [0.25, 0.3) is 0 Å². The number of carbonyl (C=O) groups is 1. The maximum absolute atomic E-state index is 10.7. The van der Waals surface area contributed by atoms with Crippen LogP contribution in [-0.4, -0.2) is 41.3 Å². The molecule has 1 aromatic heterocycles. The van der Waals surface area contributed by atoms with Gasteiger partial charge in [-0.25, -0.2) is 4.98 Å². The Hall–Kier alpha value is -1.89. The molecule has 7 nitrogen and oxygen atoms in total. The Morgan fingerprint density at radius 2 is 2.33 bits per heavy atom. The van der Waals surface area contributed by atoms with Gasteiger partial charge in [-0.05, 0) is 0 Å². The van der Waals surface area contributed by atoms with Gasteiger partial charge >= 0.3 is 0 Å². The fourth-order valence-electron chi connectivity index (χ4n) is 0.837. The van der Waals surface area contributed by atoms with Gasteiger partial charge in [-0.3, -0.25) is 4.79 Å². The third-order valence-electron chi connectivity index (χ3n) is 1.50. The minimum Gasteiger partial charge on any atom is -0.492 e. The predicted molar refractivity (Wildman–Crippen MR) is 49.6 cm³/mol. The summed E-state index contributed by atoms with van der Waals surface area (Å²) in [5.41, 5.74) is 4.64. The molecule has 3 N–H and O–H groups in total. The summed E-state index contributed by atoms with van der Waals surface area (Å²) in [5, 5.41) is 9.23. The van der Waals surface area contributed by atoms with Gasteiger partial charge in [0.25, 0.3) is 5.91 Å². The number of ether oxygens (including phenoxy) is 2. The molecule has 0 atom stereocenters. The largest absolute Gasteiger partial charge is 0.492 e. The van der Waals surface area contributed by atoms with Crippen LogP contribution in [0.4, 0.5) is 0 Å². The van der Waals surface area contributed by atoms with Crippen LogP contribution in [-0.2, 0) is 4.74 Å². The number of amides is 1. The van der Waals surface area contributed by atoms with E-state index < -0.39 is 11.8 Å². The van der Waals surface area contributed by atoms with Gasteiger partial charge in [0.2, 0.25) is 11.8 Å². The van der Waals surface area contributed by atoms with E-state index >= 15 is 0 Å². The van der Waals surface area contributed by atoms with Crippen molar-refractivity contribution in [1.29, 1.82) is 0 Å². The third-order valence-corrected chi connectivity index (χ3v) is 1.50. The van der Waals surface area contributed by atoms with Gasteiger partial charge in [-0.1, -0.05) is 0 Å². The minimum atomic E-state index is -0.844. The monoisotopic (exact) mass is 213 g/mol. The highest BCUT2D eigenvalue weighted by Gasteiger charge is 2.11. The molecular formula is C8H11N3O4. The molecule has 0 bridgehead atoms. The molecule has 0 radical (unpaired) electrons. The van der Waals surface area contributed by atoms with E-state index in [1.807, 2.05) is 0 Å². The van der Waals surface area contributed by atoms with E-state index in [2.05, 4.69) is 9.97 Å². The summed E-state index contributed by atoms with van der Waals surface area (Å²) < 4.78 is 9.80. The van der Waals surface area contributed by atoms with E-state index in [4.69, 9.17) is 15.2 Å². The summed E-state index contributed by atoms with van der Waals surface area (Å²) in [6, 6.07) is 0. The average Bonchev–Trinajstić information content (AvgIpc) is 2.17. The second-order valence-corrected chi connectivity index (χ2v) is 2.59. The summed E-state index contributed by atoms with van der Waals surface area (Å²) in [6.07, 6.45) is 1.20. The Morgan fingerprint density at radius 3 is 2.87 bits per heavy atom. The quantitative estimate of drug-likeness (QED) is 0.626. The Bertz CT molecular complexity index is 356. The van der Waals surface area contributed by atoms with Crippen LogP contribution in [0.15, 0.2) is 6.20 Å². The van der Waals surface area contributed by atoms with Crippen LogP contribution in [0.3, 0.4) is 0 Å². The standard InChI is InChI=1S/C8H11N3O4/c1-14-2-3-15-5-4-10-6(7(9)12)8(13)11-5/h4H,2-3H2,1H3,(H2,9,12)(H,11,13). The summed E-state index contributed by atoms with van der Waals surface area (Å²) >= 11 is 0. The van der Waals surface area contributed by atoms with Crippen molar-refractivity contribution in [3.05, 3.63) is 11.9 Å². The van der Waals surface area contributed by atoms with Gasteiger partial charge in [0.05, 0.1) is 12.8 Å². The lowest BCUT2D eigenvalue weighted by Gasteiger charge is -2.04. The zero-order chi connectivity index (χ0) is 11.3. The van der Waals surface area contributed by atoms with Crippen LogP contribution >= 0.6 is 0 Å². The number of hydrogen-bond acceptors (Lipinski definition) is 6. The summed E-state index contributed by atoms with van der Waals surface area (Å²) in [4.78, 5) is 17.9. The Balaban J connectivity index is 2.69. The van der Waals surface area contributed by atoms with Crippen LogP contribution in [0.1, 0.15) is 10.5 Å². The normalized spacial score (nSPS) is 9.93. The molecule has 0 aliphatic heterocycles. The first-order valence-electron chi connectivity index (χ1n) is 4.12. The molecule has 0 saturated carbocycles. The zero-order valence-electron chi connectivity index (χ0n) is 8.14. The first-order valence-corrected chi connectivity index (χ1v) is 4.12. The molecule has 0 fully saturated rings. The molecule has 0 aromatic carbocycles. The number of nitrogens with zero attached hydrogens (tertiary/aromatic N) is 2. The van der Waals surface area contributed by atoms with Crippen molar-refractivity contribution in [1.82, 2.24) is 9.97 Å². The zero-order valence-corrected chi connectivity index (χ0v) is 8.14. The molecule has 82 valence electrons. The number of hydrogen-bond donors (Lipinski definition) is 2. The van der Waals surface area contributed by atoms with Crippen LogP contribution in [0.2, 0.25) is 0 Å². The van der Waals surface area contributed by atoms with E-state index in [1.54, 1.807) is 0 Å². The number of aromatic hydroxyl groups is 1. The van der Waals surface area contributed by atoms with Crippen molar-refractivity contribution in [3.8, 4) is 11.8 Å². The average molecular weight is 213 g/mol. The number of rotatable bonds is 5. The van der Waals surface area contributed by atoms with E-state index in [1.165, 1.54) is 13.3 Å². The van der Waals surface area contributed by atoms with Crippen molar-refractivity contribution in [2.45, 2.75) is 0 Å². The molecule has 1 rings (SSSR count). The van der Waals surface area contributed by atoms with Crippen LogP contribution < -0.4 is 10.5 Å². The molecule has 1 amide bonds. The molecule has 0 aliphatic carbocycles. The van der Waals surface area contributed by atoms with Gasteiger partial charge in [-0.15, -0.1) is 0 Å². The SMILES string of the molecule is COCCOc1cnc(C(N)=O)c(O)n1. The number of nitrogens with two attached hydrogens (primary N) is 1. The highest BCUT2D eigenvalue weighted by Crippen LogP contribution is 2.14. The smallest absolute Gasteiger partial charge is 0.272 e. The fraction of sp³-hybridized carbons (Fsp3) is 0.375. The van der Waals surface area contributed by atoms with Crippen molar-refractivity contribution < 1.29 is 19.4 Å². The van der Waals surface area contributed by atoms with Crippen molar-refractivity contribution in [3.63, 3.8) is 0 Å². The summed E-state index contributed by atoms with van der Waals surface area (Å²) in [5.74, 6) is -1.28. The minimum absolute atomic E-state index is 0.106. The number of methoxy groups -OCH3 is 1. The first kappa shape index (κ1) is 11.2. The molecule has 0 spiro atoms. The second kappa shape index (κ2) is 5.11. The van der Waals surface area contributed by atoms with Crippen LogP contribution in [0, 0.1) is 0 Å². The molecule has 1 aromatic rings. The maximum Gasteiger partial charge on any atom is 0.272 e. The topological polar surface area (TPSA) is 108 Å². The number of primary amides is 1. The third kappa shape index (κ3) is 3.06. The molecular weight excluding hydrogens is 202 g/mol. The van der Waals surface area contributed by atoms with Gasteiger partial charge in [0, 0.05) is 7.11 Å². The molecule has 0 saturated heterocycles. The highest BCUT2D eigenvalue weighted by atomic mass is 16.5. The van der Waals surface area contributed by atoms with Crippen molar-refractivity contribution in [2.75, 3.05) is 20.3 Å². The van der Waals surface area contributed by atoms with E-state index in [0.29, 0.717) is 6.61 Å². The lowest BCUT2D eigenvalue weighted by atomic mass is 10.4. The fourth-order valence-corrected chi connectivity index (χ4v) is 0.837. The van der Waals surface area contributed by atoms with Crippen molar-refractivity contribution >= 4 is 5.91 Å². The van der Waals surface area contributed by atoms with E-state index in [0.717, 1.165) is 0 Å². The molecule has 15 heavy (non-hydrogen) atoms. The molecule has 1 heterocycles. The Morgan fingerprint density at radius 1 is 1.60 bits per heavy atom. The Kier molecular flexibility index (Phi) is 3.81. The summed E-state index contributed by atoms with van der Waals surface area (Å²) in [6.45, 7) is 0.667. The number of carbonyl (C=O) groups excluding carboxylic acids is 1.